The summed E-state index contributed by atoms with van der Waals surface area (Å²) in [5, 5.41) is 4.14. The average Bonchev–Trinajstić information content (AvgIpc) is 2.49. The van der Waals surface area contributed by atoms with E-state index in [1.807, 2.05) is 36.4 Å². The number of methoxy groups -OCH3 is 2. The summed E-state index contributed by atoms with van der Waals surface area (Å²) in [5.41, 5.74) is 2.03. The monoisotopic (exact) mass is 369 g/mol. The largest absolute Gasteiger partial charge is 0.497 e. The maximum atomic E-state index is 5.96. The molecule has 0 saturated heterocycles. The third-order valence-corrected chi connectivity index (χ3v) is 4.10. The van der Waals surface area contributed by atoms with Crippen molar-refractivity contribution in [3.63, 3.8) is 0 Å². The minimum absolute atomic E-state index is 0.0725. The van der Waals surface area contributed by atoms with Gasteiger partial charge in [0.15, 0.2) is 0 Å². The Hall–Kier alpha value is -1.39. The summed E-state index contributed by atoms with van der Waals surface area (Å²) in [6.07, 6.45) is 0. The molecule has 0 aromatic heterocycles. The normalized spacial score (nSPS) is 11.9. The number of halogens is 2. The average molecular weight is 371 g/mol. The van der Waals surface area contributed by atoms with Crippen molar-refractivity contribution in [2.45, 2.75) is 13.0 Å². The Bertz CT molecular complexity index is 634. The van der Waals surface area contributed by atoms with E-state index in [0.717, 1.165) is 27.2 Å². The lowest BCUT2D eigenvalue weighted by molar-refractivity contribution is 0.390. The van der Waals surface area contributed by atoms with Gasteiger partial charge in [-0.1, -0.05) is 11.6 Å². The zero-order valence-electron chi connectivity index (χ0n) is 12.1. The Morgan fingerprint density at radius 3 is 2.48 bits per heavy atom. The number of anilines is 1. The maximum Gasteiger partial charge on any atom is 0.127 e. The van der Waals surface area contributed by atoms with Crippen LogP contribution in [0.1, 0.15) is 18.5 Å². The molecule has 2 aromatic carbocycles. The Labute approximate surface area is 138 Å². The first-order valence-corrected chi connectivity index (χ1v) is 7.65. The van der Waals surface area contributed by atoms with Gasteiger partial charge in [-0.3, -0.25) is 0 Å². The molecule has 0 fully saturated rings. The molecule has 112 valence electrons. The Morgan fingerprint density at radius 1 is 1.10 bits per heavy atom. The lowest BCUT2D eigenvalue weighted by Crippen LogP contribution is -2.08. The van der Waals surface area contributed by atoms with Crippen LogP contribution in [0.2, 0.25) is 5.02 Å². The molecule has 0 aliphatic carbocycles. The van der Waals surface area contributed by atoms with Crippen molar-refractivity contribution < 1.29 is 9.47 Å². The van der Waals surface area contributed by atoms with Crippen LogP contribution in [0.3, 0.4) is 0 Å². The highest BCUT2D eigenvalue weighted by atomic mass is 79.9. The highest BCUT2D eigenvalue weighted by Crippen LogP contribution is 2.33. The second-order valence-electron chi connectivity index (χ2n) is 4.60. The molecule has 1 N–H and O–H groups in total. The highest BCUT2D eigenvalue weighted by Gasteiger charge is 2.13. The van der Waals surface area contributed by atoms with Crippen LogP contribution in [-0.2, 0) is 0 Å². The van der Waals surface area contributed by atoms with Gasteiger partial charge >= 0.3 is 0 Å². The van der Waals surface area contributed by atoms with Crippen molar-refractivity contribution in [2.75, 3.05) is 19.5 Å². The molecule has 0 aliphatic heterocycles. The molecule has 0 amide bonds. The molecule has 2 rings (SSSR count). The van der Waals surface area contributed by atoms with Gasteiger partial charge in [0.25, 0.3) is 0 Å². The van der Waals surface area contributed by atoms with Gasteiger partial charge in [-0.2, -0.15) is 0 Å². The summed E-state index contributed by atoms with van der Waals surface area (Å²) in [4.78, 5) is 0. The molecule has 0 bridgehead atoms. The molecule has 21 heavy (non-hydrogen) atoms. The zero-order chi connectivity index (χ0) is 15.4. The second-order valence-corrected chi connectivity index (χ2v) is 5.89. The van der Waals surface area contributed by atoms with E-state index in [0.29, 0.717) is 5.02 Å². The number of rotatable bonds is 5. The summed E-state index contributed by atoms with van der Waals surface area (Å²) in [7, 11) is 3.30. The fourth-order valence-corrected chi connectivity index (χ4v) is 2.89. The van der Waals surface area contributed by atoms with E-state index in [9.17, 15) is 0 Å². The van der Waals surface area contributed by atoms with Crippen LogP contribution in [0.25, 0.3) is 0 Å². The Kier molecular flexibility index (Phi) is 5.37. The first-order chi connectivity index (χ1) is 10.0. The molecule has 3 nitrogen and oxygen atoms in total. The number of hydrogen-bond donors (Lipinski definition) is 1. The van der Waals surface area contributed by atoms with Crippen LogP contribution >= 0.6 is 27.5 Å². The van der Waals surface area contributed by atoms with Gasteiger partial charge in [-0.05, 0) is 53.2 Å². The smallest absolute Gasteiger partial charge is 0.127 e. The molecule has 0 radical (unpaired) electrons. The first-order valence-electron chi connectivity index (χ1n) is 6.48. The summed E-state index contributed by atoms with van der Waals surface area (Å²) in [6.45, 7) is 2.07. The molecule has 2 aromatic rings. The van der Waals surface area contributed by atoms with Crippen molar-refractivity contribution in [2.24, 2.45) is 0 Å². The fraction of sp³-hybridized carbons (Fsp3) is 0.250. The zero-order valence-corrected chi connectivity index (χ0v) is 14.5. The van der Waals surface area contributed by atoms with Crippen molar-refractivity contribution in [1.29, 1.82) is 0 Å². The predicted molar refractivity (Wildman–Crippen MR) is 90.7 cm³/mol. The molecular formula is C16H17BrClNO2. The third kappa shape index (κ3) is 3.83. The van der Waals surface area contributed by atoms with Crippen molar-refractivity contribution in [1.82, 2.24) is 0 Å². The van der Waals surface area contributed by atoms with E-state index >= 15 is 0 Å². The molecule has 0 aliphatic rings. The number of ether oxygens (including phenoxy) is 2. The number of benzene rings is 2. The van der Waals surface area contributed by atoms with E-state index in [1.54, 1.807) is 14.2 Å². The lowest BCUT2D eigenvalue weighted by atomic mass is 10.1. The lowest BCUT2D eigenvalue weighted by Gasteiger charge is -2.20. The second kappa shape index (κ2) is 7.05. The fourth-order valence-electron chi connectivity index (χ4n) is 2.09. The number of nitrogens with one attached hydrogen (secondary N) is 1. The minimum Gasteiger partial charge on any atom is -0.497 e. The van der Waals surface area contributed by atoms with Crippen molar-refractivity contribution in [3.05, 3.63) is 51.5 Å². The van der Waals surface area contributed by atoms with Crippen LogP contribution in [0.4, 0.5) is 5.69 Å². The van der Waals surface area contributed by atoms with Crippen molar-refractivity contribution >= 4 is 33.2 Å². The summed E-state index contributed by atoms with van der Waals surface area (Å²) in [6, 6.07) is 11.5. The SMILES string of the molecule is COc1ccc(C(C)Nc2ccc(Cl)cc2Br)c(OC)c1. The molecule has 1 unspecified atom stereocenters. The van der Waals surface area contributed by atoms with E-state index in [2.05, 4.69) is 28.2 Å². The maximum absolute atomic E-state index is 5.96. The van der Waals surface area contributed by atoms with Gasteiger partial charge < -0.3 is 14.8 Å². The van der Waals surface area contributed by atoms with Gasteiger partial charge in [0.2, 0.25) is 0 Å². The molecule has 1 atom stereocenters. The van der Waals surface area contributed by atoms with Crippen LogP contribution in [-0.4, -0.2) is 14.2 Å². The topological polar surface area (TPSA) is 30.5 Å². The van der Waals surface area contributed by atoms with Gasteiger partial charge in [-0.25, -0.2) is 0 Å². The third-order valence-electron chi connectivity index (χ3n) is 3.21. The number of hydrogen-bond acceptors (Lipinski definition) is 3. The highest BCUT2D eigenvalue weighted by molar-refractivity contribution is 9.10. The van der Waals surface area contributed by atoms with Crippen LogP contribution in [0, 0.1) is 0 Å². The van der Waals surface area contributed by atoms with Crippen LogP contribution in [0.15, 0.2) is 40.9 Å². The van der Waals surface area contributed by atoms with Gasteiger partial charge in [0.1, 0.15) is 11.5 Å². The molecule has 5 heteroatoms. The first kappa shape index (κ1) is 16.0. The van der Waals surface area contributed by atoms with Gasteiger partial charge in [0.05, 0.1) is 20.3 Å². The van der Waals surface area contributed by atoms with Crippen LogP contribution in [0.5, 0.6) is 11.5 Å². The predicted octanol–water partition coefficient (Wildman–Crippen LogP) is 5.29. The Morgan fingerprint density at radius 2 is 1.86 bits per heavy atom. The molecule has 0 heterocycles. The van der Waals surface area contributed by atoms with Crippen molar-refractivity contribution in [3.8, 4) is 11.5 Å². The quantitative estimate of drug-likeness (QED) is 0.775. The van der Waals surface area contributed by atoms with Gasteiger partial charge in [0, 0.05) is 26.8 Å². The van der Waals surface area contributed by atoms with E-state index in [1.165, 1.54) is 0 Å². The minimum atomic E-state index is 0.0725. The summed E-state index contributed by atoms with van der Waals surface area (Å²) < 4.78 is 11.6. The van der Waals surface area contributed by atoms with E-state index in [4.69, 9.17) is 21.1 Å². The summed E-state index contributed by atoms with van der Waals surface area (Å²) in [5.74, 6) is 1.56. The molecule has 0 saturated carbocycles. The molecule has 0 spiro atoms. The van der Waals surface area contributed by atoms with Gasteiger partial charge in [-0.15, -0.1) is 0 Å². The standard InChI is InChI=1S/C16H17BrClNO2/c1-10(19-15-7-4-11(18)8-14(15)17)13-6-5-12(20-2)9-16(13)21-3/h4-10,19H,1-3H3. The van der Waals surface area contributed by atoms with E-state index < -0.39 is 0 Å². The van der Waals surface area contributed by atoms with Crippen LogP contribution < -0.4 is 14.8 Å². The summed E-state index contributed by atoms with van der Waals surface area (Å²) >= 11 is 9.47. The Balaban J connectivity index is 2.25. The van der Waals surface area contributed by atoms with E-state index in [-0.39, 0.29) is 6.04 Å². The molecular weight excluding hydrogens is 354 g/mol.